The Morgan fingerprint density at radius 2 is 1.73 bits per heavy atom. The molecule has 2 aromatic carbocycles. The molecule has 1 saturated heterocycles. The molecule has 172 valence electrons. The number of hydrazine groups is 1. The molecule has 2 N–H and O–H groups in total. The summed E-state index contributed by atoms with van der Waals surface area (Å²) in [5.41, 5.74) is 7.03. The molecular formula is C24H27N5O4. The highest BCUT2D eigenvalue weighted by atomic mass is 16.5. The summed E-state index contributed by atoms with van der Waals surface area (Å²) in [5.74, 6) is -0.316. The Labute approximate surface area is 192 Å². The summed E-state index contributed by atoms with van der Waals surface area (Å²) in [6.45, 7) is 4.57. The first-order valence-electron chi connectivity index (χ1n) is 10.9. The Hall–Kier alpha value is -3.69. The zero-order valence-electron chi connectivity index (χ0n) is 18.3. The van der Waals surface area contributed by atoms with Gasteiger partial charge in [-0.15, -0.1) is 0 Å². The van der Waals surface area contributed by atoms with E-state index in [2.05, 4.69) is 20.9 Å². The van der Waals surface area contributed by atoms with E-state index in [1.807, 2.05) is 48.5 Å². The Morgan fingerprint density at radius 3 is 2.55 bits per heavy atom. The number of morpholine rings is 1. The van der Waals surface area contributed by atoms with E-state index < -0.39 is 11.8 Å². The van der Waals surface area contributed by atoms with Gasteiger partial charge in [0.2, 0.25) is 0 Å². The first-order chi connectivity index (χ1) is 16.2. The Bertz CT molecular complexity index is 1060. The van der Waals surface area contributed by atoms with Crippen LogP contribution in [-0.4, -0.2) is 65.9 Å². The van der Waals surface area contributed by atoms with E-state index in [0.717, 1.165) is 44.0 Å². The summed E-state index contributed by atoms with van der Waals surface area (Å²) in [6, 6.07) is 17.3. The third kappa shape index (κ3) is 6.41. The average molecular weight is 450 g/mol. The molecule has 0 atom stereocenters. The Morgan fingerprint density at radius 1 is 0.970 bits per heavy atom. The second kappa shape index (κ2) is 11.3. The van der Waals surface area contributed by atoms with Gasteiger partial charge in [-0.1, -0.05) is 48.5 Å². The lowest BCUT2D eigenvalue weighted by Crippen LogP contribution is -2.43. The van der Waals surface area contributed by atoms with Crippen molar-refractivity contribution in [3.8, 4) is 16.9 Å². The van der Waals surface area contributed by atoms with Crippen molar-refractivity contribution in [1.29, 1.82) is 0 Å². The van der Waals surface area contributed by atoms with Crippen LogP contribution in [0.25, 0.3) is 11.1 Å². The lowest BCUT2D eigenvalue weighted by atomic mass is 10.1. The van der Waals surface area contributed by atoms with Crippen molar-refractivity contribution in [3.05, 3.63) is 72.6 Å². The molecule has 2 heterocycles. The van der Waals surface area contributed by atoms with Crippen LogP contribution in [0.1, 0.15) is 10.4 Å². The largest absolute Gasteiger partial charge is 0.483 e. The first kappa shape index (κ1) is 22.5. The molecule has 0 spiro atoms. The van der Waals surface area contributed by atoms with E-state index in [1.54, 1.807) is 16.9 Å². The van der Waals surface area contributed by atoms with Gasteiger partial charge in [0.05, 0.1) is 31.5 Å². The molecule has 1 aromatic heterocycles. The summed E-state index contributed by atoms with van der Waals surface area (Å²) in [6.07, 6.45) is 3.14. The van der Waals surface area contributed by atoms with Crippen molar-refractivity contribution in [1.82, 2.24) is 25.5 Å². The summed E-state index contributed by atoms with van der Waals surface area (Å²) in [4.78, 5) is 26.8. The molecule has 0 unspecified atom stereocenters. The number of ether oxygens (including phenoxy) is 2. The zero-order chi connectivity index (χ0) is 22.9. The first-order valence-corrected chi connectivity index (χ1v) is 10.9. The molecule has 4 rings (SSSR count). The molecule has 1 fully saturated rings. The Balaban J connectivity index is 1.23. The third-order valence-corrected chi connectivity index (χ3v) is 5.29. The molecule has 3 aromatic rings. The van der Waals surface area contributed by atoms with Gasteiger partial charge in [-0.05, 0) is 11.6 Å². The quantitative estimate of drug-likeness (QED) is 0.509. The molecule has 0 radical (unpaired) electrons. The second-order valence-electron chi connectivity index (χ2n) is 7.60. The van der Waals surface area contributed by atoms with Gasteiger partial charge in [0.25, 0.3) is 11.8 Å². The SMILES string of the molecule is O=C(COc1ccccc1-c1ccccc1)NNC(=O)c1cnn(CCN2CCOCC2)c1. The van der Waals surface area contributed by atoms with E-state index in [9.17, 15) is 9.59 Å². The van der Waals surface area contributed by atoms with Crippen molar-refractivity contribution in [2.24, 2.45) is 0 Å². The van der Waals surface area contributed by atoms with Crippen LogP contribution in [0.3, 0.4) is 0 Å². The predicted octanol–water partition coefficient (Wildman–Crippen LogP) is 1.72. The Kier molecular flexibility index (Phi) is 7.68. The summed E-state index contributed by atoms with van der Waals surface area (Å²) in [7, 11) is 0. The highest BCUT2D eigenvalue weighted by Gasteiger charge is 2.13. The summed E-state index contributed by atoms with van der Waals surface area (Å²) < 4.78 is 12.8. The van der Waals surface area contributed by atoms with E-state index in [4.69, 9.17) is 9.47 Å². The number of rotatable bonds is 8. The molecule has 9 nitrogen and oxygen atoms in total. The van der Waals surface area contributed by atoms with Gasteiger partial charge >= 0.3 is 0 Å². The number of benzene rings is 2. The van der Waals surface area contributed by atoms with Crippen molar-refractivity contribution in [3.63, 3.8) is 0 Å². The minimum atomic E-state index is -0.467. The van der Waals surface area contributed by atoms with E-state index in [0.29, 0.717) is 17.9 Å². The molecular weight excluding hydrogens is 422 g/mol. The highest BCUT2D eigenvalue weighted by Crippen LogP contribution is 2.29. The normalized spacial score (nSPS) is 13.9. The highest BCUT2D eigenvalue weighted by molar-refractivity contribution is 5.95. The number of aromatic nitrogens is 2. The van der Waals surface area contributed by atoms with Crippen LogP contribution >= 0.6 is 0 Å². The number of hydrogen-bond donors (Lipinski definition) is 2. The van der Waals surface area contributed by atoms with E-state index in [-0.39, 0.29) is 6.61 Å². The average Bonchev–Trinajstić information content (AvgIpc) is 3.35. The van der Waals surface area contributed by atoms with Gasteiger partial charge in [0.1, 0.15) is 5.75 Å². The number of nitrogens with one attached hydrogen (secondary N) is 2. The standard InChI is InChI=1S/C24H27N5O4/c30-23(18-33-22-9-5-4-8-21(22)19-6-2-1-3-7-19)26-27-24(31)20-16-25-29(17-20)11-10-28-12-14-32-15-13-28/h1-9,16-17H,10-15,18H2,(H,26,30)(H,27,31). The molecule has 2 amide bonds. The topological polar surface area (TPSA) is 97.7 Å². The van der Waals surface area contributed by atoms with Gasteiger partial charge in [0.15, 0.2) is 6.61 Å². The minimum absolute atomic E-state index is 0.233. The number of para-hydroxylation sites is 1. The molecule has 1 aliphatic heterocycles. The predicted molar refractivity (Wildman–Crippen MR) is 122 cm³/mol. The van der Waals surface area contributed by atoms with Crippen molar-refractivity contribution < 1.29 is 19.1 Å². The van der Waals surface area contributed by atoms with Gasteiger partial charge in [-0.3, -0.25) is 30.0 Å². The summed E-state index contributed by atoms with van der Waals surface area (Å²) >= 11 is 0. The van der Waals surface area contributed by atoms with Crippen molar-refractivity contribution in [2.45, 2.75) is 6.54 Å². The van der Waals surface area contributed by atoms with Crippen LogP contribution in [0.2, 0.25) is 0 Å². The van der Waals surface area contributed by atoms with Gasteiger partial charge < -0.3 is 9.47 Å². The maximum absolute atomic E-state index is 12.3. The van der Waals surface area contributed by atoms with Crippen LogP contribution < -0.4 is 15.6 Å². The molecule has 1 aliphatic rings. The molecule has 0 bridgehead atoms. The van der Waals surface area contributed by atoms with Gasteiger partial charge in [-0.25, -0.2) is 0 Å². The second-order valence-corrected chi connectivity index (χ2v) is 7.60. The van der Waals surface area contributed by atoms with E-state index in [1.165, 1.54) is 6.20 Å². The maximum atomic E-state index is 12.3. The van der Waals surface area contributed by atoms with Crippen molar-refractivity contribution >= 4 is 11.8 Å². The summed E-state index contributed by atoms with van der Waals surface area (Å²) in [5, 5.41) is 4.22. The fourth-order valence-electron chi connectivity index (χ4n) is 3.50. The third-order valence-electron chi connectivity index (χ3n) is 5.29. The number of amides is 2. The van der Waals surface area contributed by atoms with Gasteiger partial charge in [-0.2, -0.15) is 5.10 Å². The van der Waals surface area contributed by atoms with Crippen LogP contribution in [0.15, 0.2) is 67.0 Å². The lowest BCUT2D eigenvalue weighted by molar-refractivity contribution is -0.123. The van der Waals surface area contributed by atoms with Crippen LogP contribution in [0, 0.1) is 0 Å². The van der Waals surface area contributed by atoms with Crippen LogP contribution in [-0.2, 0) is 16.1 Å². The minimum Gasteiger partial charge on any atom is -0.483 e. The number of hydrogen-bond acceptors (Lipinski definition) is 6. The van der Waals surface area contributed by atoms with E-state index >= 15 is 0 Å². The lowest BCUT2D eigenvalue weighted by Gasteiger charge is -2.26. The van der Waals surface area contributed by atoms with Crippen LogP contribution in [0.4, 0.5) is 0 Å². The number of carbonyl (C=O) groups is 2. The molecule has 0 saturated carbocycles. The molecule has 33 heavy (non-hydrogen) atoms. The van der Waals surface area contributed by atoms with Crippen molar-refractivity contribution in [2.75, 3.05) is 39.5 Å². The maximum Gasteiger partial charge on any atom is 0.276 e. The molecule has 0 aliphatic carbocycles. The van der Waals surface area contributed by atoms with Gasteiger partial charge in [0, 0.05) is 31.4 Å². The fraction of sp³-hybridized carbons (Fsp3) is 0.292. The smallest absolute Gasteiger partial charge is 0.276 e. The van der Waals surface area contributed by atoms with Crippen LogP contribution in [0.5, 0.6) is 5.75 Å². The zero-order valence-corrected chi connectivity index (χ0v) is 18.3. The number of carbonyl (C=O) groups excluding carboxylic acids is 2. The monoisotopic (exact) mass is 449 g/mol. The number of nitrogens with zero attached hydrogens (tertiary/aromatic N) is 3. The fourth-order valence-corrected chi connectivity index (χ4v) is 3.50. The molecule has 9 heteroatoms.